The van der Waals surface area contributed by atoms with Crippen LogP contribution in [-0.4, -0.2) is 17.5 Å². The van der Waals surface area contributed by atoms with Gasteiger partial charge in [-0.2, -0.15) is 0 Å². The average molecular weight is 192 g/mol. The van der Waals surface area contributed by atoms with Gasteiger partial charge in [0.2, 0.25) is 0 Å². The summed E-state index contributed by atoms with van der Waals surface area (Å²) in [6.07, 6.45) is 0. The largest absolute Gasteiger partial charge is 0.759 e. The van der Waals surface area contributed by atoms with Crippen molar-refractivity contribution in [3.05, 3.63) is 0 Å². The van der Waals surface area contributed by atoms with Gasteiger partial charge in [-0.25, -0.2) is 0 Å². The van der Waals surface area contributed by atoms with E-state index in [1.807, 2.05) is 0 Å². The topological polar surface area (TPSA) is 80.3 Å². The van der Waals surface area contributed by atoms with E-state index in [9.17, 15) is 0 Å². The van der Waals surface area contributed by atoms with Gasteiger partial charge in [0.1, 0.15) is 0 Å². The Bertz CT molecular complexity index is 90.7. The van der Waals surface area contributed by atoms with Crippen molar-refractivity contribution in [2.45, 2.75) is 0 Å². The van der Waals surface area contributed by atoms with E-state index >= 15 is 0 Å². The molecule has 0 aromatic rings. The minimum atomic E-state index is -5.17. The van der Waals surface area contributed by atoms with Crippen LogP contribution in [0.5, 0.6) is 0 Å². The summed E-state index contributed by atoms with van der Waals surface area (Å²) >= 11 is 0. The maximum atomic E-state index is 8.52. The van der Waals surface area contributed by atoms with Crippen molar-refractivity contribution in [2.75, 3.05) is 0 Å². The molecule has 6 heavy (non-hydrogen) atoms. The van der Waals surface area contributed by atoms with Gasteiger partial charge in [0.15, 0.2) is 0 Å². The van der Waals surface area contributed by atoms with Crippen LogP contribution in [0.1, 0.15) is 0 Å². The zero-order chi connectivity index (χ0) is 4.50. The summed E-state index contributed by atoms with van der Waals surface area (Å²) in [6.45, 7) is 0. The first-order chi connectivity index (χ1) is 2.00. The summed E-state index contributed by atoms with van der Waals surface area (Å²) in [6, 6.07) is 0. The first-order valence-corrected chi connectivity index (χ1v) is 2.00. The molecule has 0 atom stereocenters. The van der Waals surface area contributed by atoms with Crippen molar-refractivity contribution in [2.24, 2.45) is 0 Å². The van der Waals surface area contributed by atoms with Gasteiger partial charge in [0.05, 0.1) is 0 Å². The fraction of sp³-hybridized carbons (Fsp3) is 0. The molecule has 0 aliphatic heterocycles. The first-order valence-electron chi connectivity index (χ1n) is 0.667. The Morgan fingerprint density at radius 1 is 1.17 bits per heavy atom. The number of hydrogen-bond donors (Lipinski definition) is 0. The number of hydrogen-bond acceptors (Lipinski definition) is 4. The minimum Gasteiger partial charge on any atom is -0.759 e. The summed E-state index contributed by atoms with van der Waals surface area (Å²) in [4.78, 5) is 0. The molecule has 0 aromatic heterocycles. The second-order valence-electron chi connectivity index (χ2n) is 0.408. The molecule has 0 radical (unpaired) electrons. The van der Waals surface area contributed by atoms with E-state index in [-0.39, 0.29) is 21.1 Å². The Kier molecular flexibility index (Phi) is 4.36. The third kappa shape index (κ3) is 185. The first kappa shape index (κ1) is 9.75. The van der Waals surface area contributed by atoms with E-state index in [2.05, 4.69) is 0 Å². The zero-order valence-electron chi connectivity index (χ0n) is 2.45. The molecule has 0 bridgehead atoms. The summed E-state index contributed by atoms with van der Waals surface area (Å²) in [5.41, 5.74) is 0. The molecule has 0 heterocycles. The molecule has 6 heteroatoms. The van der Waals surface area contributed by atoms with E-state index in [0.717, 1.165) is 0 Å². The van der Waals surface area contributed by atoms with Gasteiger partial charge in [-0.05, 0) is 0 Å². The van der Waals surface area contributed by atoms with Crippen molar-refractivity contribution in [3.8, 4) is 0 Å². The van der Waals surface area contributed by atoms with Crippen LogP contribution in [0.25, 0.3) is 0 Å². The molecule has 0 saturated carbocycles. The molecule has 0 amide bonds. The Morgan fingerprint density at radius 2 is 1.17 bits per heavy atom. The van der Waals surface area contributed by atoms with Crippen molar-refractivity contribution in [3.63, 3.8) is 0 Å². The third-order valence-corrected chi connectivity index (χ3v) is 0. The van der Waals surface area contributed by atoms with Crippen LogP contribution in [0.2, 0.25) is 0 Å². The SMILES string of the molecule is O=S(=O)([O-])[O-].[Mo]. The summed E-state index contributed by atoms with van der Waals surface area (Å²) in [5.74, 6) is 0. The molecule has 38 valence electrons. The molecule has 0 spiro atoms. The summed E-state index contributed by atoms with van der Waals surface area (Å²) in [5, 5.41) is 0. The fourth-order valence-corrected chi connectivity index (χ4v) is 0. The maximum Gasteiger partial charge on any atom is 0.0311 e. The van der Waals surface area contributed by atoms with E-state index in [4.69, 9.17) is 17.5 Å². The monoisotopic (exact) mass is 194 g/mol. The van der Waals surface area contributed by atoms with Gasteiger partial charge < -0.3 is 9.11 Å². The van der Waals surface area contributed by atoms with Gasteiger partial charge in [0.25, 0.3) is 0 Å². The maximum absolute atomic E-state index is 8.52. The number of rotatable bonds is 0. The quantitative estimate of drug-likeness (QED) is 0.270. The van der Waals surface area contributed by atoms with E-state index in [1.165, 1.54) is 0 Å². The zero-order valence-corrected chi connectivity index (χ0v) is 5.27. The molecule has 0 aliphatic carbocycles. The van der Waals surface area contributed by atoms with Crippen LogP contribution in [-0.2, 0) is 31.5 Å². The van der Waals surface area contributed by atoms with Crippen molar-refractivity contribution < 1.29 is 38.6 Å². The molecule has 0 fully saturated rings. The molecule has 0 saturated heterocycles. The van der Waals surface area contributed by atoms with Gasteiger partial charge in [-0.1, -0.05) is 0 Å². The standard InChI is InChI=1S/Mo.H2O4S/c;1-5(2,3)4/h;(H2,1,2,3,4)/p-2. The predicted molar refractivity (Wildman–Crippen MR) is 10.5 cm³/mol. The predicted octanol–water partition coefficient (Wildman–Crippen LogP) is -1.34. The molecule has 0 rings (SSSR count). The van der Waals surface area contributed by atoms with E-state index < -0.39 is 10.4 Å². The molecule has 0 aliphatic rings. The second-order valence-corrected chi connectivity index (χ2v) is 1.22. The Hall–Kier alpha value is 0.558. The van der Waals surface area contributed by atoms with Crippen LogP contribution in [0.15, 0.2) is 0 Å². The summed E-state index contributed by atoms with van der Waals surface area (Å²) < 4.78 is 34.1. The second kappa shape index (κ2) is 2.69. The van der Waals surface area contributed by atoms with Gasteiger partial charge >= 0.3 is 0 Å². The van der Waals surface area contributed by atoms with Gasteiger partial charge in [-0.3, -0.25) is 8.42 Å². The molecule has 0 unspecified atom stereocenters. The Morgan fingerprint density at radius 3 is 1.17 bits per heavy atom. The molecule has 0 N–H and O–H groups in total. The average Bonchev–Trinajstić information content (AvgIpc) is 0.722. The Labute approximate surface area is 49.4 Å². The van der Waals surface area contributed by atoms with Gasteiger partial charge in [0, 0.05) is 31.5 Å². The molecular weight excluding hydrogens is 192 g/mol. The van der Waals surface area contributed by atoms with Crippen LogP contribution in [0.3, 0.4) is 0 Å². The van der Waals surface area contributed by atoms with E-state index in [1.54, 1.807) is 0 Å². The van der Waals surface area contributed by atoms with Gasteiger partial charge in [-0.15, -0.1) is 0 Å². The fourth-order valence-electron chi connectivity index (χ4n) is 0. The van der Waals surface area contributed by atoms with Crippen molar-refractivity contribution in [1.82, 2.24) is 0 Å². The molecule has 4 nitrogen and oxygen atoms in total. The van der Waals surface area contributed by atoms with Crippen LogP contribution in [0, 0.1) is 0 Å². The minimum absolute atomic E-state index is 0. The summed E-state index contributed by atoms with van der Waals surface area (Å²) in [7, 11) is -5.17. The third-order valence-electron chi connectivity index (χ3n) is 0. The Balaban J connectivity index is 0. The molecule has 0 aromatic carbocycles. The van der Waals surface area contributed by atoms with Crippen LogP contribution >= 0.6 is 0 Å². The van der Waals surface area contributed by atoms with E-state index in [0.29, 0.717) is 0 Å². The van der Waals surface area contributed by atoms with Crippen LogP contribution < -0.4 is 0 Å². The smallest absolute Gasteiger partial charge is 0.0311 e. The molecular formula is MoO4S-2. The van der Waals surface area contributed by atoms with Crippen LogP contribution in [0.4, 0.5) is 0 Å². The van der Waals surface area contributed by atoms with Crippen molar-refractivity contribution >= 4 is 10.4 Å². The van der Waals surface area contributed by atoms with Crippen molar-refractivity contribution in [1.29, 1.82) is 0 Å². The normalized spacial score (nSPS) is 9.67.